The van der Waals surface area contributed by atoms with E-state index in [1.165, 1.54) is 5.56 Å². The van der Waals surface area contributed by atoms with Gasteiger partial charge in [0, 0.05) is 26.3 Å². The van der Waals surface area contributed by atoms with Crippen LogP contribution in [0.4, 0.5) is 5.82 Å². The molecule has 0 spiro atoms. The Morgan fingerprint density at radius 3 is 2.45 bits per heavy atom. The molecule has 20 heavy (non-hydrogen) atoms. The summed E-state index contributed by atoms with van der Waals surface area (Å²) in [5, 5.41) is 0. The van der Waals surface area contributed by atoms with Gasteiger partial charge in [0.15, 0.2) is 0 Å². The van der Waals surface area contributed by atoms with Gasteiger partial charge in [-0.25, -0.2) is 4.98 Å². The summed E-state index contributed by atoms with van der Waals surface area (Å²) in [6, 6.07) is 10.2. The highest BCUT2D eigenvalue weighted by molar-refractivity contribution is 5.47. The minimum Gasteiger partial charge on any atom is -0.497 e. The second kappa shape index (κ2) is 6.39. The van der Waals surface area contributed by atoms with Gasteiger partial charge in [0.05, 0.1) is 7.11 Å². The Morgan fingerprint density at radius 1 is 1.20 bits per heavy atom. The Balaban J connectivity index is 2.12. The molecule has 1 aromatic heterocycles. The number of hydrogen-bond acceptors (Lipinski definition) is 4. The van der Waals surface area contributed by atoms with Crippen LogP contribution >= 0.6 is 0 Å². The van der Waals surface area contributed by atoms with Gasteiger partial charge in [0.1, 0.15) is 11.6 Å². The van der Waals surface area contributed by atoms with Crippen LogP contribution in [-0.4, -0.2) is 19.1 Å². The lowest BCUT2D eigenvalue weighted by Gasteiger charge is -2.20. The van der Waals surface area contributed by atoms with Crippen molar-refractivity contribution >= 4 is 5.82 Å². The quantitative estimate of drug-likeness (QED) is 0.907. The third-order valence-corrected chi connectivity index (χ3v) is 3.28. The van der Waals surface area contributed by atoms with Gasteiger partial charge >= 0.3 is 0 Å². The molecule has 1 heterocycles. The fourth-order valence-corrected chi connectivity index (χ4v) is 2.22. The Labute approximate surface area is 120 Å². The van der Waals surface area contributed by atoms with Crippen molar-refractivity contribution in [2.24, 2.45) is 5.73 Å². The lowest BCUT2D eigenvalue weighted by molar-refractivity contribution is 0.414. The molecule has 1 aromatic carbocycles. The zero-order chi connectivity index (χ0) is 14.5. The summed E-state index contributed by atoms with van der Waals surface area (Å²) in [5.41, 5.74) is 9.05. The van der Waals surface area contributed by atoms with Crippen molar-refractivity contribution in [2.75, 3.05) is 19.1 Å². The molecule has 0 unspecified atom stereocenters. The number of rotatable bonds is 5. The number of ether oxygens (including phenoxy) is 1. The van der Waals surface area contributed by atoms with E-state index in [2.05, 4.69) is 35.0 Å². The monoisotopic (exact) mass is 271 g/mol. The van der Waals surface area contributed by atoms with Crippen molar-refractivity contribution in [2.45, 2.75) is 20.0 Å². The smallest absolute Gasteiger partial charge is 0.131 e. The summed E-state index contributed by atoms with van der Waals surface area (Å²) >= 11 is 0. The number of hydrogen-bond donors (Lipinski definition) is 1. The van der Waals surface area contributed by atoms with Crippen LogP contribution in [0.5, 0.6) is 5.75 Å². The number of pyridine rings is 1. The standard InChI is InChI=1S/C16H21N3O/c1-12-8-14(9-17)10-18-16(12)19(2)11-13-4-6-15(20-3)7-5-13/h4-8,10H,9,11,17H2,1-3H3. The third kappa shape index (κ3) is 3.27. The SMILES string of the molecule is COc1ccc(CN(C)c2ncc(CN)cc2C)cc1. The van der Waals surface area contributed by atoms with E-state index in [-0.39, 0.29) is 0 Å². The molecule has 0 saturated heterocycles. The maximum Gasteiger partial charge on any atom is 0.131 e. The molecule has 2 N–H and O–H groups in total. The Morgan fingerprint density at radius 2 is 1.90 bits per heavy atom. The van der Waals surface area contributed by atoms with Gasteiger partial charge in [-0.15, -0.1) is 0 Å². The van der Waals surface area contributed by atoms with Crippen molar-refractivity contribution in [3.8, 4) is 5.75 Å². The summed E-state index contributed by atoms with van der Waals surface area (Å²) in [6.07, 6.45) is 1.84. The molecule has 0 radical (unpaired) electrons. The van der Waals surface area contributed by atoms with Crippen LogP contribution in [-0.2, 0) is 13.1 Å². The Kier molecular flexibility index (Phi) is 4.58. The van der Waals surface area contributed by atoms with Gasteiger partial charge in [-0.2, -0.15) is 0 Å². The summed E-state index contributed by atoms with van der Waals surface area (Å²) in [6.45, 7) is 3.39. The molecular formula is C16H21N3O. The first-order valence-corrected chi connectivity index (χ1v) is 6.63. The molecular weight excluding hydrogens is 250 g/mol. The van der Waals surface area contributed by atoms with Crippen molar-refractivity contribution in [3.63, 3.8) is 0 Å². The van der Waals surface area contributed by atoms with Crippen molar-refractivity contribution in [1.29, 1.82) is 0 Å². The van der Waals surface area contributed by atoms with Gasteiger partial charge < -0.3 is 15.4 Å². The predicted molar refractivity (Wildman–Crippen MR) is 82.0 cm³/mol. The molecule has 106 valence electrons. The average molecular weight is 271 g/mol. The maximum absolute atomic E-state index is 5.63. The molecule has 0 aliphatic heterocycles. The second-order valence-corrected chi connectivity index (χ2v) is 4.89. The van der Waals surface area contributed by atoms with E-state index in [1.54, 1.807) is 7.11 Å². The van der Waals surface area contributed by atoms with Crippen LogP contribution in [0.1, 0.15) is 16.7 Å². The van der Waals surface area contributed by atoms with E-state index in [1.807, 2.05) is 25.4 Å². The molecule has 0 atom stereocenters. The molecule has 0 fully saturated rings. The third-order valence-electron chi connectivity index (χ3n) is 3.28. The van der Waals surface area contributed by atoms with Crippen LogP contribution < -0.4 is 15.4 Å². The molecule has 0 bridgehead atoms. The fraction of sp³-hybridized carbons (Fsp3) is 0.312. The fourth-order valence-electron chi connectivity index (χ4n) is 2.22. The number of benzene rings is 1. The first-order valence-electron chi connectivity index (χ1n) is 6.63. The zero-order valence-electron chi connectivity index (χ0n) is 12.3. The number of anilines is 1. The van der Waals surface area contributed by atoms with Crippen molar-refractivity contribution < 1.29 is 4.74 Å². The molecule has 0 amide bonds. The maximum atomic E-state index is 5.63. The summed E-state index contributed by atoms with van der Waals surface area (Å²) < 4.78 is 5.17. The van der Waals surface area contributed by atoms with Crippen LogP contribution in [0.3, 0.4) is 0 Å². The number of aryl methyl sites for hydroxylation is 1. The molecule has 0 aliphatic carbocycles. The molecule has 4 heteroatoms. The normalized spacial score (nSPS) is 10.4. The van der Waals surface area contributed by atoms with Gasteiger partial charge in [-0.1, -0.05) is 12.1 Å². The lowest BCUT2D eigenvalue weighted by atomic mass is 10.1. The van der Waals surface area contributed by atoms with E-state index in [0.717, 1.165) is 29.2 Å². The van der Waals surface area contributed by atoms with Crippen LogP contribution in [0.15, 0.2) is 36.5 Å². The average Bonchev–Trinajstić information content (AvgIpc) is 2.47. The van der Waals surface area contributed by atoms with Gasteiger partial charge in [0.25, 0.3) is 0 Å². The first-order chi connectivity index (χ1) is 9.63. The molecule has 2 rings (SSSR count). The number of methoxy groups -OCH3 is 1. The van der Waals surface area contributed by atoms with Crippen LogP contribution in [0.2, 0.25) is 0 Å². The molecule has 0 saturated carbocycles. The highest BCUT2D eigenvalue weighted by Gasteiger charge is 2.07. The Bertz CT molecular complexity index is 566. The molecule has 4 nitrogen and oxygen atoms in total. The number of aromatic nitrogens is 1. The van der Waals surface area contributed by atoms with E-state index >= 15 is 0 Å². The lowest BCUT2D eigenvalue weighted by Crippen LogP contribution is -2.19. The highest BCUT2D eigenvalue weighted by atomic mass is 16.5. The van der Waals surface area contributed by atoms with E-state index in [9.17, 15) is 0 Å². The number of nitrogens with zero attached hydrogens (tertiary/aromatic N) is 2. The topological polar surface area (TPSA) is 51.4 Å². The van der Waals surface area contributed by atoms with Crippen molar-refractivity contribution in [3.05, 3.63) is 53.2 Å². The summed E-state index contributed by atoms with van der Waals surface area (Å²) in [5.74, 6) is 1.86. The minimum absolute atomic E-state index is 0.524. The highest BCUT2D eigenvalue weighted by Crippen LogP contribution is 2.19. The van der Waals surface area contributed by atoms with Gasteiger partial charge in [0.2, 0.25) is 0 Å². The van der Waals surface area contributed by atoms with Crippen LogP contribution in [0, 0.1) is 6.92 Å². The second-order valence-electron chi connectivity index (χ2n) is 4.89. The van der Waals surface area contributed by atoms with Crippen molar-refractivity contribution in [1.82, 2.24) is 4.98 Å². The zero-order valence-corrected chi connectivity index (χ0v) is 12.3. The Hall–Kier alpha value is -2.07. The minimum atomic E-state index is 0.524. The molecule has 0 aliphatic rings. The van der Waals surface area contributed by atoms with E-state index in [4.69, 9.17) is 10.5 Å². The number of nitrogens with two attached hydrogens (primary N) is 1. The first kappa shape index (κ1) is 14.3. The van der Waals surface area contributed by atoms with Crippen LogP contribution in [0.25, 0.3) is 0 Å². The largest absolute Gasteiger partial charge is 0.497 e. The summed E-state index contributed by atoms with van der Waals surface area (Å²) in [7, 11) is 3.72. The van der Waals surface area contributed by atoms with E-state index in [0.29, 0.717) is 6.54 Å². The van der Waals surface area contributed by atoms with E-state index < -0.39 is 0 Å². The summed E-state index contributed by atoms with van der Waals surface area (Å²) in [4.78, 5) is 6.64. The van der Waals surface area contributed by atoms with Gasteiger partial charge in [-0.05, 0) is 41.8 Å². The predicted octanol–water partition coefficient (Wildman–Crippen LogP) is 2.49. The van der Waals surface area contributed by atoms with Gasteiger partial charge in [-0.3, -0.25) is 0 Å². The molecule has 2 aromatic rings.